The average Bonchev–Trinajstić information content (AvgIpc) is 3.98. The van der Waals surface area contributed by atoms with Gasteiger partial charge in [0.15, 0.2) is 0 Å². The summed E-state index contributed by atoms with van der Waals surface area (Å²) in [4.78, 5) is 65.4. The van der Waals surface area contributed by atoms with Crippen LogP contribution in [-0.2, 0) is 36.9 Å². The summed E-state index contributed by atoms with van der Waals surface area (Å²) in [7, 11) is 0. The normalized spacial score (nSPS) is 16.4. The van der Waals surface area contributed by atoms with E-state index in [1.807, 2.05) is 101 Å². The molecule has 5 aromatic rings. The van der Waals surface area contributed by atoms with Gasteiger partial charge in [0.25, 0.3) is 5.91 Å². The zero-order chi connectivity index (χ0) is 46.0. The highest BCUT2D eigenvalue weighted by Crippen LogP contribution is 2.30. The number of hydrogen-bond donors (Lipinski definition) is 6. The number of β-amino-alcohol motifs (C(OH)–C–C–N with tert-alkyl or cyclic N) is 1. The average molecular weight is 892 g/mol. The molecule has 0 bridgehead atoms. The van der Waals surface area contributed by atoms with E-state index in [1.165, 1.54) is 21.9 Å². The molecule has 0 saturated carbocycles. The standard InChI is InChI=1S/C49H61N7O7S/c1-31(36-16-18-37(19-17-36)45-33(3)50-30-64-45)52-47(60)42-27-38(57)29-56(42)48(61)46(49(4,5)6)53-43(58)22-25-63-26-24-55(23-21-39-32(2)51-41-10-8-7-9-40(39)41)28-35-13-11-34(12-14-35)15-20-44(59)54-62/h7-20,30-31,38,42,46,51,57,62H,21-29H2,1-6H3,(H,52,60)(H,53,58)(H,54,59)/b20-15+/t31-,38+,42+,46+/m1/s1. The number of ether oxygens (including phenoxy) is 1. The molecule has 3 aromatic carbocycles. The number of aromatic nitrogens is 2. The number of carbonyl (C=O) groups is 4. The number of benzene rings is 3. The van der Waals surface area contributed by atoms with Crippen LogP contribution >= 0.6 is 11.3 Å². The monoisotopic (exact) mass is 891 g/mol. The third-order valence-corrected chi connectivity index (χ3v) is 12.7. The van der Waals surface area contributed by atoms with Gasteiger partial charge in [0, 0.05) is 61.7 Å². The topological polar surface area (TPSA) is 189 Å². The Morgan fingerprint density at radius 3 is 2.42 bits per heavy atom. The van der Waals surface area contributed by atoms with E-state index >= 15 is 0 Å². The number of thiazole rings is 1. The number of aromatic amines is 1. The van der Waals surface area contributed by atoms with Crippen molar-refractivity contribution in [3.05, 3.63) is 118 Å². The van der Waals surface area contributed by atoms with Gasteiger partial charge in [-0.05, 0) is 72.6 Å². The lowest BCUT2D eigenvalue weighted by Gasteiger charge is -2.35. The van der Waals surface area contributed by atoms with Crippen molar-refractivity contribution in [2.75, 3.05) is 32.8 Å². The Bertz CT molecular complexity index is 2400. The van der Waals surface area contributed by atoms with Crippen molar-refractivity contribution in [1.82, 2.24) is 35.9 Å². The highest BCUT2D eigenvalue weighted by atomic mass is 32.1. The third-order valence-electron chi connectivity index (χ3n) is 11.7. The van der Waals surface area contributed by atoms with Gasteiger partial charge in [0.1, 0.15) is 12.1 Å². The van der Waals surface area contributed by atoms with Crippen LogP contribution in [0.2, 0.25) is 0 Å². The van der Waals surface area contributed by atoms with Crippen molar-refractivity contribution in [1.29, 1.82) is 0 Å². The zero-order valence-corrected chi connectivity index (χ0v) is 38.3. The minimum absolute atomic E-state index is 0.0132. The number of para-hydroxylation sites is 1. The maximum atomic E-state index is 14.2. The molecule has 0 spiro atoms. The maximum absolute atomic E-state index is 14.2. The number of carbonyl (C=O) groups excluding carboxylic acids is 4. The Labute approximate surface area is 379 Å². The minimum Gasteiger partial charge on any atom is -0.391 e. The lowest BCUT2D eigenvalue weighted by atomic mass is 9.85. The Hall–Kier alpha value is -5.71. The largest absolute Gasteiger partial charge is 0.391 e. The number of likely N-dealkylation sites (tertiary alicyclic amines) is 1. The number of fused-ring (bicyclic) bond motifs is 1. The number of H-pyrrole nitrogens is 1. The number of aliphatic hydroxyl groups excluding tert-OH is 1. The van der Waals surface area contributed by atoms with Crippen LogP contribution in [0.1, 0.15) is 80.2 Å². The first-order valence-electron chi connectivity index (χ1n) is 21.8. The molecule has 1 saturated heterocycles. The fourth-order valence-corrected chi connectivity index (χ4v) is 8.92. The molecular weight excluding hydrogens is 831 g/mol. The third kappa shape index (κ3) is 12.5. The number of rotatable bonds is 19. The second-order valence-corrected chi connectivity index (χ2v) is 18.5. The van der Waals surface area contributed by atoms with Crippen molar-refractivity contribution in [3.63, 3.8) is 0 Å². The van der Waals surface area contributed by atoms with Crippen LogP contribution < -0.4 is 16.1 Å². The molecule has 340 valence electrons. The Balaban J connectivity index is 1.02. The lowest BCUT2D eigenvalue weighted by Crippen LogP contribution is -2.58. The summed E-state index contributed by atoms with van der Waals surface area (Å²) in [5, 5.41) is 26.7. The van der Waals surface area contributed by atoms with Gasteiger partial charge >= 0.3 is 0 Å². The Morgan fingerprint density at radius 1 is 1.00 bits per heavy atom. The SMILES string of the molecule is Cc1ncsc1-c1ccc([C@@H](C)NC(=O)[C@@H]2C[C@H](O)CN2C(=O)[C@H](NC(=O)CCOCCN(CCc2c(C)[nH]c3ccccc23)Cc2ccc(/C=C/C(=O)NO)cc2)C(C)(C)C)cc1. The zero-order valence-electron chi connectivity index (χ0n) is 37.5. The van der Waals surface area contributed by atoms with Crippen LogP contribution in [0, 0.1) is 19.3 Å². The number of aryl methyl sites for hydroxylation is 2. The highest BCUT2D eigenvalue weighted by Gasteiger charge is 2.44. The molecule has 64 heavy (non-hydrogen) atoms. The first kappa shape index (κ1) is 47.8. The quantitative estimate of drug-likeness (QED) is 0.0241. The number of aliphatic hydroxyl groups is 1. The van der Waals surface area contributed by atoms with Crippen molar-refractivity contribution in [2.45, 2.75) is 91.6 Å². The van der Waals surface area contributed by atoms with Crippen LogP contribution in [0.4, 0.5) is 0 Å². The molecule has 14 nitrogen and oxygen atoms in total. The summed E-state index contributed by atoms with van der Waals surface area (Å²) in [6.45, 7) is 14.0. The number of nitrogens with zero attached hydrogens (tertiary/aromatic N) is 3. The lowest BCUT2D eigenvalue weighted by molar-refractivity contribution is -0.144. The van der Waals surface area contributed by atoms with E-state index in [0.29, 0.717) is 19.7 Å². The highest BCUT2D eigenvalue weighted by molar-refractivity contribution is 7.13. The van der Waals surface area contributed by atoms with Gasteiger partial charge in [-0.25, -0.2) is 10.5 Å². The smallest absolute Gasteiger partial charge is 0.267 e. The van der Waals surface area contributed by atoms with Gasteiger partial charge in [-0.2, -0.15) is 0 Å². The summed E-state index contributed by atoms with van der Waals surface area (Å²) in [5.74, 6) is -1.74. The van der Waals surface area contributed by atoms with Crippen LogP contribution in [0.3, 0.4) is 0 Å². The van der Waals surface area contributed by atoms with Crippen molar-refractivity contribution in [2.24, 2.45) is 5.41 Å². The second-order valence-electron chi connectivity index (χ2n) is 17.6. The molecular formula is C49H61N7O7S. The molecule has 0 radical (unpaired) electrons. The van der Waals surface area contributed by atoms with Gasteiger partial charge in [-0.3, -0.25) is 29.3 Å². The van der Waals surface area contributed by atoms with E-state index in [9.17, 15) is 24.3 Å². The van der Waals surface area contributed by atoms with Gasteiger partial charge in [0.2, 0.25) is 17.7 Å². The molecule has 1 fully saturated rings. The van der Waals surface area contributed by atoms with Gasteiger partial charge in [-0.15, -0.1) is 11.3 Å². The summed E-state index contributed by atoms with van der Waals surface area (Å²) < 4.78 is 6.02. The van der Waals surface area contributed by atoms with E-state index in [-0.39, 0.29) is 43.8 Å². The molecule has 1 aliphatic rings. The van der Waals surface area contributed by atoms with Gasteiger partial charge in [-0.1, -0.05) is 87.5 Å². The molecule has 1 aliphatic heterocycles. The van der Waals surface area contributed by atoms with Crippen LogP contribution in [0.25, 0.3) is 27.4 Å². The molecule has 0 unspecified atom stereocenters. The predicted octanol–water partition coefficient (Wildman–Crippen LogP) is 6.25. The Morgan fingerprint density at radius 2 is 1.73 bits per heavy atom. The van der Waals surface area contributed by atoms with Crippen LogP contribution in [-0.4, -0.2) is 105 Å². The summed E-state index contributed by atoms with van der Waals surface area (Å²) in [5.41, 5.74) is 11.0. The number of hydroxylamine groups is 1. The number of hydrogen-bond acceptors (Lipinski definition) is 10. The van der Waals surface area contributed by atoms with Crippen LogP contribution in [0.5, 0.6) is 0 Å². The molecule has 4 atom stereocenters. The molecule has 2 aromatic heterocycles. The van der Waals surface area contributed by atoms with Crippen LogP contribution in [0.15, 0.2) is 84.4 Å². The molecule has 15 heteroatoms. The van der Waals surface area contributed by atoms with Gasteiger partial charge in [0.05, 0.1) is 41.4 Å². The summed E-state index contributed by atoms with van der Waals surface area (Å²) in [6.07, 6.45) is 2.94. The van der Waals surface area contributed by atoms with E-state index in [2.05, 4.69) is 44.6 Å². The van der Waals surface area contributed by atoms with Crippen molar-refractivity contribution in [3.8, 4) is 10.4 Å². The fourth-order valence-electron chi connectivity index (χ4n) is 8.11. The molecule has 6 rings (SSSR count). The molecule has 3 heterocycles. The Kier molecular flexibility index (Phi) is 16.3. The van der Waals surface area contributed by atoms with E-state index < -0.39 is 35.4 Å². The predicted molar refractivity (Wildman–Crippen MR) is 249 cm³/mol. The number of amides is 4. The molecule has 4 amide bonds. The van der Waals surface area contributed by atoms with Crippen molar-refractivity contribution >= 4 is 51.9 Å². The molecule has 0 aliphatic carbocycles. The van der Waals surface area contributed by atoms with E-state index in [1.54, 1.807) is 22.9 Å². The number of nitrogens with one attached hydrogen (secondary N) is 4. The first-order chi connectivity index (χ1) is 30.6. The van der Waals surface area contributed by atoms with E-state index in [0.717, 1.165) is 57.0 Å². The molecule has 6 N–H and O–H groups in total. The van der Waals surface area contributed by atoms with Crippen molar-refractivity contribution < 1.29 is 34.2 Å². The summed E-state index contributed by atoms with van der Waals surface area (Å²) >= 11 is 1.58. The van der Waals surface area contributed by atoms with Gasteiger partial charge < -0.3 is 30.4 Å². The second kappa shape index (κ2) is 21.8. The fraction of sp³-hybridized carbons (Fsp3) is 0.408. The minimum atomic E-state index is -0.946. The van der Waals surface area contributed by atoms with E-state index in [4.69, 9.17) is 9.94 Å². The first-order valence-corrected chi connectivity index (χ1v) is 22.6. The maximum Gasteiger partial charge on any atom is 0.267 e. The summed E-state index contributed by atoms with van der Waals surface area (Å²) in [6, 6.07) is 21.9.